The van der Waals surface area contributed by atoms with E-state index < -0.39 is 0 Å². The minimum absolute atomic E-state index is 0.00610. The number of nitrogens with one attached hydrogen (secondary N) is 2. The van der Waals surface area contributed by atoms with Gasteiger partial charge in [0.1, 0.15) is 0 Å². The maximum absolute atomic E-state index is 12.2. The maximum atomic E-state index is 12.2. The van der Waals surface area contributed by atoms with Gasteiger partial charge in [0.15, 0.2) is 0 Å². The number of benzene rings is 2. The molecule has 126 valence electrons. The fourth-order valence-electron chi connectivity index (χ4n) is 2.30. The van der Waals surface area contributed by atoms with Crippen LogP contribution in [-0.2, 0) is 4.79 Å². The molecule has 0 radical (unpaired) electrons. The highest BCUT2D eigenvalue weighted by Crippen LogP contribution is 2.19. The molecule has 0 saturated heterocycles. The van der Waals surface area contributed by atoms with E-state index in [1.54, 1.807) is 12.1 Å². The first-order chi connectivity index (χ1) is 11.5. The first kappa shape index (κ1) is 17.7. The van der Waals surface area contributed by atoms with Crippen molar-refractivity contribution in [3.63, 3.8) is 0 Å². The Morgan fingerprint density at radius 3 is 2.38 bits per heavy atom. The van der Waals surface area contributed by atoms with Crippen LogP contribution < -0.4 is 10.6 Å². The molecule has 0 aliphatic heterocycles. The number of rotatable bonds is 6. The zero-order valence-corrected chi connectivity index (χ0v) is 14.4. The van der Waals surface area contributed by atoms with Crippen molar-refractivity contribution in [3.05, 3.63) is 65.7 Å². The van der Waals surface area contributed by atoms with Crippen LogP contribution in [0.2, 0.25) is 0 Å². The molecule has 0 fully saturated rings. The van der Waals surface area contributed by atoms with Crippen molar-refractivity contribution in [1.29, 1.82) is 0 Å². The molecule has 2 aromatic rings. The lowest BCUT2D eigenvalue weighted by Crippen LogP contribution is -2.31. The summed E-state index contributed by atoms with van der Waals surface area (Å²) in [6, 6.07) is 16.5. The Morgan fingerprint density at radius 2 is 1.71 bits per heavy atom. The van der Waals surface area contributed by atoms with E-state index in [9.17, 15) is 9.59 Å². The van der Waals surface area contributed by atoms with Crippen LogP contribution in [0.1, 0.15) is 49.2 Å². The molecule has 0 aromatic heterocycles. The molecule has 0 heterocycles. The van der Waals surface area contributed by atoms with E-state index >= 15 is 0 Å². The maximum Gasteiger partial charge on any atom is 0.255 e. The Bertz CT molecular complexity index is 698. The number of carbonyl (C=O) groups excluding carboxylic acids is 2. The molecule has 24 heavy (non-hydrogen) atoms. The molecule has 4 heteroatoms. The summed E-state index contributed by atoms with van der Waals surface area (Å²) in [6.07, 6.45) is 0.811. The van der Waals surface area contributed by atoms with Gasteiger partial charge in [0.2, 0.25) is 5.91 Å². The highest BCUT2D eigenvalue weighted by molar-refractivity contribution is 6.04. The van der Waals surface area contributed by atoms with Crippen LogP contribution in [0.3, 0.4) is 0 Å². The van der Waals surface area contributed by atoms with E-state index in [0.717, 1.165) is 12.0 Å². The van der Waals surface area contributed by atoms with Crippen LogP contribution in [0.5, 0.6) is 0 Å². The average molecular weight is 324 g/mol. The zero-order valence-electron chi connectivity index (χ0n) is 14.4. The molecule has 2 N–H and O–H groups in total. The Kier molecular flexibility index (Phi) is 6.13. The Balaban J connectivity index is 2.06. The molecule has 2 amide bonds. The molecule has 0 spiro atoms. The number of hydrogen-bond acceptors (Lipinski definition) is 2. The van der Waals surface area contributed by atoms with Gasteiger partial charge < -0.3 is 10.6 Å². The lowest BCUT2D eigenvalue weighted by Gasteiger charge is -2.18. The van der Waals surface area contributed by atoms with E-state index in [1.165, 1.54) is 0 Å². The lowest BCUT2D eigenvalue weighted by molar-refractivity contribution is -0.125. The van der Waals surface area contributed by atoms with Crippen LogP contribution in [0.25, 0.3) is 0 Å². The van der Waals surface area contributed by atoms with Crippen molar-refractivity contribution in [2.24, 2.45) is 5.92 Å². The standard InChI is InChI=1S/C20H24N2O2/c1-4-14(2)19(23)21-15(3)17-11-8-12-18(13-17)22-20(24)16-9-6-5-7-10-16/h5-15H,4H2,1-3H3,(H,21,23)(H,22,24). The predicted octanol–water partition coefficient (Wildman–Crippen LogP) is 4.16. The number of amides is 2. The van der Waals surface area contributed by atoms with Crippen molar-refractivity contribution < 1.29 is 9.59 Å². The third kappa shape index (κ3) is 4.69. The summed E-state index contributed by atoms with van der Waals surface area (Å²) in [6.45, 7) is 5.85. The molecule has 2 unspecified atom stereocenters. The Labute approximate surface area is 143 Å². The molecule has 2 atom stereocenters. The zero-order chi connectivity index (χ0) is 17.5. The number of carbonyl (C=O) groups is 2. The summed E-state index contributed by atoms with van der Waals surface area (Å²) >= 11 is 0. The summed E-state index contributed by atoms with van der Waals surface area (Å²) in [7, 11) is 0. The first-order valence-corrected chi connectivity index (χ1v) is 8.28. The number of anilines is 1. The van der Waals surface area contributed by atoms with Crippen molar-refractivity contribution in [2.75, 3.05) is 5.32 Å². The fraction of sp³-hybridized carbons (Fsp3) is 0.300. The average Bonchev–Trinajstić information content (AvgIpc) is 2.61. The Morgan fingerprint density at radius 1 is 1.00 bits per heavy atom. The van der Waals surface area contributed by atoms with Crippen molar-refractivity contribution in [1.82, 2.24) is 5.32 Å². The highest BCUT2D eigenvalue weighted by Gasteiger charge is 2.15. The van der Waals surface area contributed by atoms with Gasteiger partial charge in [0, 0.05) is 17.2 Å². The van der Waals surface area contributed by atoms with Crippen LogP contribution in [0.4, 0.5) is 5.69 Å². The quantitative estimate of drug-likeness (QED) is 0.838. The van der Waals surface area contributed by atoms with E-state index in [0.29, 0.717) is 11.3 Å². The minimum atomic E-state index is -0.149. The molecule has 4 nitrogen and oxygen atoms in total. The molecule has 0 saturated carbocycles. The van der Waals surface area contributed by atoms with Crippen LogP contribution in [-0.4, -0.2) is 11.8 Å². The van der Waals surface area contributed by atoms with Gasteiger partial charge in [0.05, 0.1) is 6.04 Å². The van der Waals surface area contributed by atoms with E-state index in [2.05, 4.69) is 10.6 Å². The second-order valence-corrected chi connectivity index (χ2v) is 5.99. The van der Waals surface area contributed by atoms with Gasteiger partial charge in [-0.05, 0) is 43.2 Å². The largest absolute Gasteiger partial charge is 0.349 e. The highest BCUT2D eigenvalue weighted by atomic mass is 16.2. The van der Waals surface area contributed by atoms with Crippen molar-refractivity contribution in [2.45, 2.75) is 33.2 Å². The second-order valence-electron chi connectivity index (χ2n) is 5.99. The predicted molar refractivity (Wildman–Crippen MR) is 96.8 cm³/mol. The van der Waals surface area contributed by atoms with E-state index in [-0.39, 0.29) is 23.8 Å². The molecule has 0 aliphatic carbocycles. The lowest BCUT2D eigenvalue weighted by atomic mass is 10.0. The van der Waals surface area contributed by atoms with Crippen LogP contribution in [0, 0.1) is 5.92 Å². The van der Waals surface area contributed by atoms with Gasteiger partial charge in [-0.2, -0.15) is 0 Å². The van der Waals surface area contributed by atoms with Gasteiger partial charge >= 0.3 is 0 Å². The molecule has 0 bridgehead atoms. The molecule has 2 rings (SSSR count). The van der Waals surface area contributed by atoms with Gasteiger partial charge in [0.25, 0.3) is 5.91 Å². The normalized spacial score (nSPS) is 13.0. The third-order valence-electron chi connectivity index (χ3n) is 4.10. The summed E-state index contributed by atoms with van der Waals surface area (Å²) in [5, 5.41) is 5.90. The van der Waals surface area contributed by atoms with E-state index in [1.807, 2.05) is 63.2 Å². The molecule has 2 aromatic carbocycles. The number of hydrogen-bond donors (Lipinski definition) is 2. The SMILES string of the molecule is CCC(C)C(=O)NC(C)c1cccc(NC(=O)c2ccccc2)c1. The molecular formula is C20H24N2O2. The molecule has 0 aliphatic rings. The summed E-state index contributed by atoms with van der Waals surface area (Å²) in [5.74, 6) is -0.110. The third-order valence-corrected chi connectivity index (χ3v) is 4.10. The second kappa shape index (κ2) is 8.29. The van der Waals surface area contributed by atoms with Crippen molar-refractivity contribution >= 4 is 17.5 Å². The summed E-state index contributed by atoms with van der Waals surface area (Å²) in [5.41, 5.74) is 2.28. The monoisotopic (exact) mass is 324 g/mol. The fourth-order valence-corrected chi connectivity index (χ4v) is 2.30. The smallest absolute Gasteiger partial charge is 0.255 e. The van der Waals surface area contributed by atoms with Gasteiger partial charge in [-0.1, -0.05) is 44.2 Å². The van der Waals surface area contributed by atoms with E-state index in [4.69, 9.17) is 0 Å². The summed E-state index contributed by atoms with van der Waals surface area (Å²) < 4.78 is 0. The minimum Gasteiger partial charge on any atom is -0.349 e. The summed E-state index contributed by atoms with van der Waals surface area (Å²) in [4.78, 5) is 24.2. The molecular weight excluding hydrogens is 300 g/mol. The topological polar surface area (TPSA) is 58.2 Å². The van der Waals surface area contributed by atoms with Crippen molar-refractivity contribution in [3.8, 4) is 0 Å². The van der Waals surface area contributed by atoms with Gasteiger partial charge in [-0.25, -0.2) is 0 Å². The Hall–Kier alpha value is -2.62. The van der Waals surface area contributed by atoms with Crippen LogP contribution in [0.15, 0.2) is 54.6 Å². The van der Waals surface area contributed by atoms with Gasteiger partial charge in [-0.15, -0.1) is 0 Å². The van der Waals surface area contributed by atoms with Gasteiger partial charge in [-0.3, -0.25) is 9.59 Å². The first-order valence-electron chi connectivity index (χ1n) is 8.28. The van der Waals surface area contributed by atoms with Crippen LogP contribution >= 0.6 is 0 Å².